The Morgan fingerprint density at radius 1 is 1.28 bits per heavy atom. The van der Waals surface area contributed by atoms with Crippen LogP contribution in [0.3, 0.4) is 0 Å². The maximum atomic E-state index is 14.7. The Bertz CT molecular complexity index is 1150. The molecule has 3 unspecified atom stereocenters. The summed E-state index contributed by atoms with van der Waals surface area (Å²) in [6, 6.07) is 5.67. The maximum absolute atomic E-state index is 14.7. The minimum atomic E-state index is -0.880. The van der Waals surface area contributed by atoms with Gasteiger partial charge in [0.1, 0.15) is 6.04 Å². The molecule has 0 aliphatic carbocycles. The Hall–Kier alpha value is -1.81. The summed E-state index contributed by atoms with van der Waals surface area (Å²) in [4.78, 5) is 47.7. The van der Waals surface area contributed by atoms with E-state index in [1.165, 1.54) is 0 Å². The first-order valence-corrected chi connectivity index (χ1v) is 15.5. The average Bonchev–Trinajstić information content (AvgIpc) is 3.51. The molecule has 2 bridgehead atoms. The van der Waals surface area contributed by atoms with Gasteiger partial charge in [-0.2, -0.15) is 0 Å². The lowest BCUT2D eigenvalue weighted by Crippen LogP contribution is -2.59. The van der Waals surface area contributed by atoms with Gasteiger partial charge in [-0.05, 0) is 24.5 Å². The van der Waals surface area contributed by atoms with Gasteiger partial charge in [-0.25, -0.2) is 0 Å². The third-order valence-electron chi connectivity index (χ3n) is 8.59. The van der Waals surface area contributed by atoms with Crippen molar-refractivity contribution in [3.8, 4) is 0 Å². The number of rotatable bonds is 11. The second-order valence-electron chi connectivity index (χ2n) is 10.7. The summed E-state index contributed by atoms with van der Waals surface area (Å²) in [6.07, 6.45) is 4.58. The van der Waals surface area contributed by atoms with Crippen molar-refractivity contribution in [1.82, 2.24) is 9.80 Å². The van der Waals surface area contributed by atoms with Crippen LogP contribution in [-0.2, 0) is 14.4 Å². The molecular formula is C29H37BrClN3O4S. The number of nitrogens with zero attached hydrogens (tertiary/aromatic N) is 3. The fourth-order valence-electron chi connectivity index (χ4n) is 6.59. The molecule has 7 nitrogen and oxygen atoms in total. The molecule has 3 aliphatic heterocycles. The fourth-order valence-corrected chi connectivity index (χ4v) is 10.4. The quantitative estimate of drug-likeness (QED) is 0.288. The number of carbonyl (C=O) groups excluding carboxylic acids is 3. The highest BCUT2D eigenvalue weighted by atomic mass is 79.9. The van der Waals surface area contributed by atoms with Crippen molar-refractivity contribution in [3.63, 3.8) is 0 Å². The van der Waals surface area contributed by atoms with Crippen LogP contribution in [0.25, 0.3) is 0 Å². The van der Waals surface area contributed by atoms with Crippen molar-refractivity contribution < 1.29 is 19.5 Å². The molecule has 10 heteroatoms. The third kappa shape index (κ3) is 4.87. The molecule has 39 heavy (non-hydrogen) atoms. The molecule has 1 aromatic carbocycles. The number of anilines is 1. The van der Waals surface area contributed by atoms with Gasteiger partial charge < -0.3 is 19.8 Å². The zero-order chi connectivity index (χ0) is 28.6. The van der Waals surface area contributed by atoms with Gasteiger partial charge in [0.05, 0.1) is 39.9 Å². The molecule has 8 atom stereocenters. The number of hydrogen-bond acceptors (Lipinski definition) is 5. The normalized spacial score (nSPS) is 30.6. The van der Waals surface area contributed by atoms with E-state index in [1.807, 2.05) is 19.9 Å². The molecule has 0 saturated carbocycles. The molecule has 1 aromatic rings. The van der Waals surface area contributed by atoms with Gasteiger partial charge in [0.2, 0.25) is 11.8 Å². The third-order valence-corrected chi connectivity index (χ3v) is 12.1. The van der Waals surface area contributed by atoms with Gasteiger partial charge in [-0.1, -0.05) is 72.1 Å². The highest BCUT2D eigenvalue weighted by Crippen LogP contribution is 2.68. The number of thioether (sulfide) groups is 1. The first kappa shape index (κ1) is 30.2. The molecular weight excluding hydrogens is 602 g/mol. The van der Waals surface area contributed by atoms with E-state index >= 15 is 0 Å². The van der Waals surface area contributed by atoms with Crippen LogP contribution < -0.4 is 4.90 Å². The Morgan fingerprint density at radius 2 is 1.95 bits per heavy atom. The molecule has 1 spiro atoms. The number of alkyl halides is 1. The van der Waals surface area contributed by atoms with Crippen LogP contribution in [0.5, 0.6) is 0 Å². The van der Waals surface area contributed by atoms with E-state index in [2.05, 4.69) is 29.1 Å². The van der Waals surface area contributed by atoms with Crippen LogP contribution in [0.15, 0.2) is 49.6 Å². The first-order chi connectivity index (χ1) is 18.6. The van der Waals surface area contributed by atoms with E-state index in [1.54, 1.807) is 63.9 Å². The molecule has 1 N–H and O–H groups in total. The topological polar surface area (TPSA) is 81.2 Å². The molecule has 3 amide bonds. The Balaban J connectivity index is 1.88. The van der Waals surface area contributed by atoms with Crippen molar-refractivity contribution in [2.75, 3.05) is 31.6 Å². The van der Waals surface area contributed by atoms with Crippen LogP contribution in [-0.4, -0.2) is 86.3 Å². The lowest BCUT2D eigenvalue weighted by atomic mass is 9.70. The zero-order valence-electron chi connectivity index (χ0n) is 22.6. The summed E-state index contributed by atoms with van der Waals surface area (Å²) in [5.41, 5.74) is 0.534. The molecule has 4 rings (SSSR count). The lowest BCUT2D eigenvalue weighted by Gasteiger charge is -2.41. The van der Waals surface area contributed by atoms with Crippen molar-refractivity contribution >= 4 is 62.7 Å². The standard InChI is InChI=1S/C29H37BrClN3O4S/c1-6-13-32(5)26(36)22-23-27(37)34(21(16-35)17(4)8-3)25(29(23)15-18(30)24(22)39-29)28(38)33(14-7-2)20-12-10-9-11-19(20)31/h6-7,9-12,17-18,21-25,35H,1-2,8,13-16H2,3-5H3/t17-,18?,21-,22+,23-,24+,25?,29?/m0/s1. The van der Waals surface area contributed by atoms with Gasteiger partial charge in [0, 0.05) is 30.2 Å². The van der Waals surface area contributed by atoms with Crippen LogP contribution in [0.4, 0.5) is 5.69 Å². The Labute approximate surface area is 248 Å². The molecule has 212 valence electrons. The number of carbonyl (C=O) groups is 3. The summed E-state index contributed by atoms with van der Waals surface area (Å²) in [6.45, 7) is 11.9. The van der Waals surface area contributed by atoms with E-state index in [0.717, 1.165) is 6.42 Å². The van der Waals surface area contributed by atoms with Crippen molar-refractivity contribution in [1.29, 1.82) is 0 Å². The minimum Gasteiger partial charge on any atom is -0.394 e. The summed E-state index contributed by atoms with van der Waals surface area (Å²) in [7, 11) is 1.72. The number of para-hydroxylation sites is 1. The predicted molar refractivity (Wildman–Crippen MR) is 161 cm³/mol. The van der Waals surface area contributed by atoms with Crippen molar-refractivity contribution in [3.05, 3.63) is 54.6 Å². The van der Waals surface area contributed by atoms with Crippen LogP contribution in [0, 0.1) is 17.8 Å². The van der Waals surface area contributed by atoms with Crippen LogP contribution in [0.1, 0.15) is 26.7 Å². The van der Waals surface area contributed by atoms with Gasteiger partial charge in [-0.15, -0.1) is 24.9 Å². The predicted octanol–water partition coefficient (Wildman–Crippen LogP) is 4.38. The molecule has 3 heterocycles. The maximum Gasteiger partial charge on any atom is 0.251 e. The highest BCUT2D eigenvalue weighted by molar-refractivity contribution is 9.09. The van der Waals surface area contributed by atoms with Crippen molar-refractivity contribution in [2.24, 2.45) is 17.8 Å². The largest absolute Gasteiger partial charge is 0.394 e. The van der Waals surface area contributed by atoms with Crippen LogP contribution >= 0.6 is 39.3 Å². The number of likely N-dealkylation sites (tertiary alicyclic amines) is 1. The number of fused-ring (bicyclic) bond motifs is 1. The zero-order valence-corrected chi connectivity index (χ0v) is 25.8. The summed E-state index contributed by atoms with van der Waals surface area (Å²) >= 11 is 11.9. The van der Waals surface area contributed by atoms with E-state index in [4.69, 9.17) is 11.6 Å². The second-order valence-corrected chi connectivity index (χ2v) is 13.9. The SMILES string of the molecule is C=CCN(C)C(=O)[C@H]1[C@@H]2SC3(CC2Br)C(C(=O)N(CC=C)c2ccccc2Cl)N([C@@H](CO)[C@@H](C)CC)C(=O)[C@H]13. The monoisotopic (exact) mass is 637 g/mol. The molecule has 3 aliphatic rings. The average molecular weight is 639 g/mol. The van der Waals surface area contributed by atoms with E-state index in [9.17, 15) is 19.5 Å². The number of amides is 3. The van der Waals surface area contributed by atoms with Gasteiger partial charge >= 0.3 is 0 Å². The molecule has 3 saturated heterocycles. The van der Waals surface area contributed by atoms with Gasteiger partial charge in [0.25, 0.3) is 5.91 Å². The van der Waals surface area contributed by atoms with Crippen LogP contribution in [0.2, 0.25) is 5.02 Å². The summed E-state index contributed by atoms with van der Waals surface area (Å²) in [5.74, 6) is -1.95. The fraction of sp³-hybridized carbons (Fsp3) is 0.552. The number of halogens is 2. The smallest absolute Gasteiger partial charge is 0.251 e. The number of aliphatic hydroxyl groups excluding tert-OH is 1. The highest BCUT2D eigenvalue weighted by Gasteiger charge is 2.76. The Morgan fingerprint density at radius 3 is 2.54 bits per heavy atom. The number of benzene rings is 1. The lowest BCUT2D eigenvalue weighted by molar-refractivity contribution is -0.145. The van der Waals surface area contributed by atoms with Gasteiger partial charge in [-0.3, -0.25) is 14.4 Å². The Kier molecular flexibility index (Phi) is 9.25. The molecule has 0 aromatic heterocycles. The number of hydrogen-bond donors (Lipinski definition) is 1. The first-order valence-electron chi connectivity index (χ1n) is 13.4. The molecule has 3 fully saturated rings. The summed E-state index contributed by atoms with van der Waals surface area (Å²) in [5, 5.41) is 10.8. The van der Waals surface area contributed by atoms with Gasteiger partial charge in [0.15, 0.2) is 0 Å². The van der Waals surface area contributed by atoms with E-state index < -0.39 is 28.7 Å². The number of aliphatic hydroxyl groups is 1. The molecule has 0 radical (unpaired) electrons. The minimum absolute atomic E-state index is 0.0442. The van der Waals surface area contributed by atoms with Crippen molar-refractivity contribution in [2.45, 2.75) is 53.6 Å². The second kappa shape index (κ2) is 12.0. The summed E-state index contributed by atoms with van der Waals surface area (Å²) < 4.78 is -0.829. The van der Waals surface area contributed by atoms with E-state index in [0.29, 0.717) is 23.7 Å². The number of likely N-dealkylation sites (N-methyl/N-ethyl adjacent to an activating group) is 1. The van der Waals surface area contributed by atoms with E-state index in [-0.39, 0.29) is 46.9 Å².